The molecule has 5 atom stereocenters. The summed E-state index contributed by atoms with van der Waals surface area (Å²) in [6.45, 7) is 4.49. The van der Waals surface area contributed by atoms with Gasteiger partial charge in [0.05, 0.1) is 6.10 Å². The molecule has 3 rings (SSSR count). The van der Waals surface area contributed by atoms with E-state index in [1.54, 1.807) is 0 Å². The van der Waals surface area contributed by atoms with Crippen molar-refractivity contribution in [3.05, 3.63) is 35.4 Å². The molecular formula is C19H28O. The van der Waals surface area contributed by atoms with Gasteiger partial charge in [-0.15, -0.1) is 0 Å². The molecule has 20 heavy (non-hydrogen) atoms. The number of aliphatic hydroxyl groups is 1. The molecular weight excluding hydrogens is 244 g/mol. The molecule has 2 aliphatic rings. The minimum atomic E-state index is -0.259. The summed E-state index contributed by atoms with van der Waals surface area (Å²) in [7, 11) is 0. The van der Waals surface area contributed by atoms with E-state index in [9.17, 15) is 5.11 Å². The van der Waals surface area contributed by atoms with Gasteiger partial charge in [-0.25, -0.2) is 0 Å². The first-order chi connectivity index (χ1) is 9.67. The molecule has 0 aromatic heterocycles. The molecule has 0 spiro atoms. The predicted molar refractivity (Wildman–Crippen MR) is 83.7 cm³/mol. The molecule has 1 heteroatoms. The highest BCUT2D eigenvalue weighted by atomic mass is 16.3. The molecule has 5 unspecified atom stereocenters. The van der Waals surface area contributed by atoms with Crippen molar-refractivity contribution in [3.63, 3.8) is 0 Å². The highest BCUT2D eigenvalue weighted by Gasteiger charge is 2.40. The first-order valence-electron chi connectivity index (χ1n) is 8.45. The molecule has 110 valence electrons. The van der Waals surface area contributed by atoms with E-state index in [1.807, 2.05) is 0 Å². The molecule has 0 heterocycles. The van der Waals surface area contributed by atoms with Crippen LogP contribution in [0.5, 0.6) is 0 Å². The van der Waals surface area contributed by atoms with Gasteiger partial charge in [-0.1, -0.05) is 44.5 Å². The second-order valence-corrected chi connectivity index (χ2v) is 7.16. The van der Waals surface area contributed by atoms with Crippen LogP contribution in [0.3, 0.4) is 0 Å². The molecule has 0 aliphatic heterocycles. The van der Waals surface area contributed by atoms with Gasteiger partial charge in [0.15, 0.2) is 0 Å². The largest absolute Gasteiger partial charge is 0.388 e. The van der Waals surface area contributed by atoms with Crippen LogP contribution in [0.1, 0.15) is 75.5 Å². The molecule has 2 bridgehead atoms. The first kappa shape index (κ1) is 14.1. The molecule has 1 nitrogen and oxygen atoms in total. The van der Waals surface area contributed by atoms with Crippen molar-refractivity contribution < 1.29 is 5.11 Å². The fourth-order valence-corrected chi connectivity index (χ4v) is 4.37. The van der Waals surface area contributed by atoms with Gasteiger partial charge in [0.25, 0.3) is 0 Å². The van der Waals surface area contributed by atoms with Crippen LogP contribution < -0.4 is 0 Å². The van der Waals surface area contributed by atoms with Gasteiger partial charge in [0, 0.05) is 0 Å². The van der Waals surface area contributed by atoms with Crippen molar-refractivity contribution in [2.24, 2.45) is 17.8 Å². The maximum absolute atomic E-state index is 10.5. The standard InChI is InChI=1S/C19H28O/c1-3-13(2)15-6-8-16(9-7-15)19(20)12-18-11-14-4-5-17(18)10-14/h6-9,13-14,17-20H,3-5,10-12H2,1-2H3. The molecule has 2 aliphatic carbocycles. The number of hydrogen-bond acceptors (Lipinski definition) is 1. The normalized spacial score (nSPS) is 31.4. The van der Waals surface area contributed by atoms with Crippen molar-refractivity contribution >= 4 is 0 Å². The predicted octanol–water partition coefficient (Wildman–Crippen LogP) is 5.06. The van der Waals surface area contributed by atoms with Gasteiger partial charge >= 0.3 is 0 Å². The molecule has 1 aromatic rings. The lowest BCUT2D eigenvalue weighted by Crippen LogP contribution is -2.14. The summed E-state index contributed by atoms with van der Waals surface area (Å²) in [5.41, 5.74) is 2.50. The minimum absolute atomic E-state index is 0.259. The summed E-state index contributed by atoms with van der Waals surface area (Å²) < 4.78 is 0. The van der Waals surface area contributed by atoms with Gasteiger partial charge in [-0.05, 0) is 66.9 Å². The Labute approximate surface area is 123 Å². The number of fused-ring (bicyclic) bond motifs is 2. The average Bonchev–Trinajstić information content (AvgIpc) is 3.09. The first-order valence-corrected chi connectivity index (χ1v) is 8.45. The number of aliphatic hydroxyl groups excluding tert-OH is 1. The second kappa shape index (κ2) is 5.89. The highest BCUT2D eigenvalue weighted by molar-refractivity contribution is 5.26. The van der Waals surface area contributed by atoms with E-state index in [4.69, 9.17) is 0 Å². The molecule has 2 saturated carbocycles. The monoisotopic (exact) mass is 272 g/mol. The van der Waals surface area contributed by atoms with Crippen molar-refractivity contribution in [3.8, 4) is 0 Å². The lowest BCUT2D eigenvalue weighted by atomic mass is 9.83. The Kier molecular flexibility index (Phi) is 4.16. The maximum Gasteiger partial charge on any atom is 0.0792 e. The second-order valence-electron chi connectivity index (χ2n) is 7.16. The maximum atomic E-state index is 10.5. The van der Waals surface area contributed by atoms with Crippen molar-refractivity contribution in [1.82, 2.24) is 0 Å². The zero-order valence-corrected chi connectivity index (χ0v) is 12.9. The fraction of sp³-hybridized carbons (Fsp3) is 0.684. The van der Waals surface area contributed by atoms with Crippen LogP contribution in [-0.4, -0.2) is 5.11 Å². The number of hydrogen-bond donors (Lipinski definition) is 1. The average molecular weight is 272 g/mol. The van der Waals surface area contributed by atoms with Crippen LogP contribution in [0.25, 0.3) is 0 Å². The van der Waals surface area contributed by atoms with Crippen LogP contribution in [-0.2, 0) is 0 Å². The van der Waals surface area contributed by atoms with Gasteiger partial charge in [0.2, 0.25) is 0 Å². The SMILES string of the molecule is CCC(C)c1ccc(C(O)CC2CC3CCC2C3)cc1. The van der Waals surface area contributed by atoms with Crippen LogP contribution >= 0.6 is 0 Å². The summed E-state index contributed by atoms with van der Waals surface area (Å²) in [6, 6.07) is 8.68. The summed E-state index contributed by atoms with van der Waals surface area (Å²) >= 11 is 0. The minimum Gasteiger partial charge on any atom is -0.388 e. The number of rotatable bonds is 5. The summed E-state index contributed by atoms with van der Waals surface area (Å²) in [5.74, 6) is 3.28. The van der Waals surface area contributed by atoms with Gasteiger partial charge in [-0.2, -0.15) is 0 Å². The zero-order valence-electron chi connectivity index (χ0n) is 12.9. The third-order valence-electron chi connectivity index (χ3n) is 5.91. The Morgan fingerprint density at radius 1 is 1.10 bits per heavy atom. The van der Waals surface area contributed by atoms with E-state index in [-0.39, 0.29) is 6.10 Å². The third kappa shape index (κ3) is 2.79. The Hall–Kier alpha value is -0.820. The highest BCUT2D eigenvalue weighted by Crippen LogP contribution is 2.50. The fourth-order valence-electron chi connectivity index (χ4n) is 4.37. The van der Waals surface area contributed by atoms with Gasteiger partial charge in [0.1, 0.15) is 0 Å². The van der Waals surface area contributed by atoms with Crippen LogP contribution in [0.4, 0.5) is 0 Å². The summed E-state index contributed by atoms with van der Waals surface area (Å²) in [4.78, 5) is 0. The van der Waals surface area contributed by atoms with E-state index in [0.29, 0.717) is 5.92 Å². The third-order valence-corrected chi connectivity index (χ3v) is 5.91. The van der Waals surface area contributed by atoms with E-state index in [2.05, 4.69) is 38.1 Å². The van der Waals surface area contributed by atoms with E-state index in [0.717, 1.165) is 29.7 Å². The van der Waals surface area contributed by atoms with Crippen molar-refractivity contribution in [2.45, 2.75) is 64.4 Å². The van der Waals surface area contributed by atoms with E-state index in [1.165, 1.54) is 37.7 Å². The molecule has 2 fully saturated rings. The van der Waals surface area contributed by atoms with Gasteiger partial charge < -0.3 is 5.11 Å². The zero-order chi connectivity index (χ0) is 14.1. The van der Waals surface area contributed by atoms with Crippen molar-refractivity contribution in [2.75, 3.05) is 0 Å². The Morgan fingerprint density at radius 2 is 1.80 bits per heavy atom. The Bertz CT molecular complexity index is 436. The quantitative estimate of drug-likeness (QED) is 0.794. The van der Waals surface area contributed by atoms with Crippen LogP contribution in [0.2, 0.25) is 0 Å². The smallest absolute Gasteiger partial charge is 0.0792 e. The lowest BCUT2D eigenvalue weighted by molar-refractivity contribution is 0.125. The van der Waals surface area contributed by atoms with Crippen LogP contribution in [0.15, 0.2) is 24.3 Å². The molecule has 0 saturated heterocycles. The van der Waals surface area contributed by atoms with E-state index < -0.39 is 0 Å². The Balaban J connectivity index is 1.61. The molecule has 1 aromatic carbocycles. The topological polar surface area (TPSA) is 20.2 Å². The summed E-state index contributed by atoms with van der Waals surface area (Å²) in [5, 5.41) is 10.5. The Morgan fingerprint density at radius 3 is 2.35 bits per heavy atom. The molecule has 0 amide bonds. The lowest BCUT2D eigenvalue weighted by Gasteiger charge is -2.24. The number of benzene rings is 1. The van der Waals surface area contributed by atoms with E-state index >= 15 is 0 Å². The summed E-state index contributed by atoms with van der Waals surface area (Å²) in [6.07, 6.45) is 7.55. The molecule has 1 N–H and O–H groups in total. The van der Waals surface area contributed by atoms with Crippen LogP contribution in [0, 0.1) is 17.8 Å². The van der Waals surface area contributed by atoms with Crippen molar-refractivity contribution in [1.29, 1.82) is 0 Å². The molecule has 0 radical (unpaired) electrons. The van der Waals surface area contributed by atoms with Gasteiger partial charge in [-0.3, -0.25) is 0 Å².